The van der Waals surface area contributed by atoms with Crippen molar-refractivity contribution in [1.82, 2.24) is 4.90 Å². The van der Waals surface area contributed by atoms with Crippen LogP contribution in [0.4, 0.5) is 8.78 Å². The van der Waals surface area contributed by atoms with E-state index >= 15 is 0 Å². The topological polar surface area (TPSA) is 20.3 Å². The van der Waals surface area contributed by atoms with Crippen LogP contribution in [0.1, 0.15) is 23.7 Å². The number of carbonyl (C=O) groups is 1. The van der Waals surface area contributed by atoms with Crippen LogP contribution < -0.4 is 0 Å². The predicted octanol–water partition coefficient (Wildman–Crippen LogP) is 2.49. The highest BCUT2D eigenvalue weighted by molar-refractivity contribution is 5.97. The van der Waals surface area contributed by atoms with Gasteiger partial charge in [0.2, 0.25) is 0 Å². The second-order valence-corrected chi connectivity index (χ2v) is 4.68. The molecule has 17 heavy (non-hydrogen) atoms. The third kappa shape index (κ3) is 2.88. The van der Waals surface area contributed by atoms with Crippen molar-refractivity contribution in [2.24, 2.45) is 5.92 Å². The van der Waals surface area contributed by atoms with Gasteiger partial charge in [0.05, 0.1) is 6.54 Å². The Morgan fingerprint density at radius 1 is 1.41 bits per heavy atom. The summed E-state index contributed by atoms with van der Waals surface area (Å²) in [4.78, 5) is 13.9. The lowest BCUT2D eigenvalue weighted by atomic mass is 10.1. The van der Waals surface area contributed by atoms with Crippen molar-refractivity contribution in [3.63, 3.8) is 0 Å². The summed E-state index contributed by atoms with van der Waals surface area (Å²) >= 11 is 0. The zero-order valence-electron chi connectivity index (χ0n) is 9.75. The van der Waals surface area contributed by atoms with E-state index in [0.29, 0.717) is 5.92 Å². The maximum Gasteiger partial charge on any atom is 0.176 e. The molecule has 2 nitrogen and oxygen atoms in total. The summed E-state index contributed by atoms with van der Waals surface area (Å²) in [6.45, 7) is 4.23. The van der Waals surface area contributed by atoms with Crippen LogP contribution >= 0.6 is 0 Å². The Balaban J connectivity index is 2.02. The zero-order valence-corrected chi connectivity index (χ0v) is 9.75. The maximum absolute atomic E-state index is 13.0. The average Bonchev–Trinajstić information content (AvgIpc) is 2.68. The minimum absolute atomic E-state index is 0.155. The second-order valence-electron chi connectivity index (χ2n) is 4.68. The molecule has 0 bridgehead atoms. The van der Waals surface area contributed by atoms with Crippen LogP contribution in [0.25, 0.3) is 0 Å². The van der Waals surface area contributed by atoms with Crippen molar-refractivity contribution < 1.29 is 13.6 Å². The highest BCUT2D eigenvalue weighted by Crippen LogP contribution is 2.16. The smallest absolute Gasteiger partial charge is 0.176 e. The van der Waals surface area contributed by atoms with E-state index < -0.39 is 11.6 Å². The van der Waals surface area contributed by atoms with Gasteiger partial charge in [0, 0.05) is 12.1 Å². The fourth-order valence-electron chi connectivity index (χ4n) is 2.13. The van der Waals surface area contributed by atoms with E-state index in [9.17, 15) is 13.6 Å². The molecular weight excluding hydrogens is 224 g/mol. The van der Waals surface area contributed by atoms with Gasteiger partial charge in [-0.1, -0.05) is 6.92 Å². The van der Waals surface area contributed by atoms with E-state index in [-0.39, 0.29) is 17.9 Å². The fraction of sp³-hybridized carbons (Fsp3) is 0.462. The molecule has 0 N–H and O–H groups in total. The molecule has 1 unspecified atom stereocenters. The SMILES string of the molecule is CC1CCN(CC(=O)c2ccc(F)c(F)c2)C1. The van der Waals surface area contributed by atoms with Gasteiger partial charge in [-0.3, -0.25) is 9.69 Å². The molecule has 92 valence electrons. The monoisotopic (exact) mass is 239 g/mol. The molecule has 1 aromatic rings. The van der Waals surface area contributed by atoms with Crippen LogP contribution in [0.5, 0.6) is 0 Å². The quantitative estimate of drug-likeness (QED) is 0.755. The highest BCUT2D eigenvalue weighted by atomic mass is 19.2. The van der Waals surface area contributed by atoms with Gasteiger partial charge in [0.15, 0.2) is 17.4 Å². The van der Waals surface area contributed by atoms with Crippen LogP contribution in [-0.4, -0.2) is 30.3 Å². The van der Waals surface area contributed by atoms with Gasteiger partial charge in [-0.15, -0.1) is 0 Å². The van der Waals surface area contributed by atoms with Gasteiger partial charge >= 0.3 is 0 Å². The lowest BCUT2D eigenvalue weighted by Crippen LogP contribution is -2.27. The lowest BCUT2D eigenvalue weighted by molar-refractivity contribution is 0.0943. The van der Waals surface area contributed by atoms with Gasteiger partial charge in [0.25, 0.3) is 0 Å². The van der Waals surface area contributed by atoms with Crippen molar-refractivity contribution in [3.05, 3.63) is 35.4 Å². The first-order valence-electron chi connectivity index (χ1n) is 5.77. The summed E-state index contributed by atoms with van der Waals surface area (Å²) in [5.41, 5.74) is 0.239. The number of hydrogen-bond donors (Lipinski definition) is 0. The molecule has 1 heterocycles. The molecule has 1 aliphatic heterocycles. The Kier molecular flexibility index (Phi) is 3.52. The number of carbonyl (C=O) groups excluding carboxylic acids is 1. The molecule has 4 heteroatoms. The third-order valence-electron chi connectivity index (χ3n) is 3.12. The van der Waals surface area contributed by atoms with E-state index in [1.165, 1.54) is 6.07 Å². The van der Waals surface area contributed by atoms with Crippen LogP contribution in [0.15, 0.2) is 18.2 Å². The summed E-state index contributed by atoms with van der Waals surface area (Å²) in [5.74, 6) is -1.44. The largest absolute Gasteiger partial charge is 0.296 e. The summed E-state index contributed by atoms with van der Waals surface area (Å²) in [6, 6.07) is 3.30. The number of nitrogens with zero attached hydrogens (tertiary/aromatic N) is 1. The molecular formula is C13H15F2NO. The molecule has 1 saturated heterocycles. The summed E-state index contributed by atoms with van der Waals surface area (Å²) in [6.07, 6.45) is 1.09. The number of ketones is 1. The van der Waals surface area contributed by atoms with Gasteiger partial charge in [0.1, 0.15) is 0 Å². The van der Waals surface area contributed by atoms with Crippen molar-refractivity contribution in [2.75, 3.05) is 19.6 Å². The maximum atomic E-state index is 13.0. The number of rotatable bonds is 3. The Hall–Kier alpha value is -1.29. The highest BCUT2D eigenvalue weighted by Gasteiger charge is 2.21. The number of likely N-dealkylation sites (tertiary alicyclic amines) is 1. The molecule has 1 atom stereocenters. The average molecular weight is 239 g/mol. The first-order chi connectivity index (χ1) is 8.06. The Bertz CT molecular complexity index is 433. The predicted molar refractivity (Wildman–Crippen MR) is 60.9 cm³/mol. The van der Waals surface area contributed by atoms with Crippen molar-refractivity contribution in [3.8, 4) is 0 Å². The molecule has 0 aliphatic carbocycles. The van der Waals surface area contributed by atoms with E-state index in [0.717, 1.165) is 31.6 Å². The first kappa shape index (κ1) is 12.2. The third-order valence-corrected chi connectivity index (χ3v) is 3.12. The van der Waals surface area contributed by atoms with Gasteiger partial charge in [-0.25, -0.2) is 8.78 Å². The minimum Gasteiger partial charge on any atom is -0.296 e. The number of Topliss-reactive ketones (excluding diaryl/α,β-unsaturated/α-hetero) is 1. The molecule has 0 radical (unpaired) electrons. The number of halogens is 2. The molecule has 0 amide bonds. The van der Waals surface area contributed by atoms with E-state index in [1.807, 2.05) is 4.90 Å². The number of hydrogen-bond acceptors (Lipinski definition) is 2. The van der Waals surface area contributed by atoms with Crippen LogP contribution in [0, 0.1) is 17.6 Å². The Morgan fingerprint density at radius 2 is 2.18 bits per heavy atom. The van der Waals surface area contributed by atoms with E-state index in [2.05, 4.69) is 6.92 Å². The minimum atomic E-state index is -0.967. The van der Waals surface area contributed by atoms with Gasteiger partial charge in [-0.2, -0.15) is 0 Å². The van der Waals surface area contributed by atoms with E-state index in [1.54, 1.807) is 0 Å². The Labute approximate surface area is 99.2 Å². The van der Waals surface area contributed by atoms with Crippen molar-refractivity contribution >= 4 is 5.78 Å². The molecule has 2 rings (SSSR count). The van der Waals surface area contributed by atoms with Gasteiger partial charge in [-0.05, 0) is 37.1 Å². The summed E-state index contributed by atoms with van der Waals surface area (Å²) in [7, 11) is 0. The summed E-state index contributed by atoms with van der Waals surface area (Å²) < 4.78 is 25.7. The zero-order chi connectivity index (χ0) is 12.4. The second kappa shape index (κ2) is 4.92. The summed E-state index contributed by atoms with van der Waals surface area (Å²) in [5, 5.41) is 0. The fourth-order valence-corrected chi connectivity index (χ4v) is 2.13. The number of benzene rings is 1. The molecule has 0 aromatic heterocycles. The van der Waals surface area contributed by atoms with Crippen molar-refractivity contribution in [1.29, 1.82) is 0 Å². The first-order valence-corrected chi connectivity index (χ1v) is 5.77. The van der Waals surface area contributed by atoms with E-state index in [4.69, 9.17) is 0 Å². The standard InChI is InChI=1S/C13H15F2NO/c1-9-4-5-16(7-9)8-13(17)10-2-3-11(14)12(15)6-10/h2-3,6,9H,4-5,7-8H2,1H3. The van der Waals surface area contributed by atoms with Crippen LogP contribution in [0.2, 0.25) is 0 Å². The Morgan fingerprint density at radius 3 is 2.76 bits per heavy atom. The lowest BCUT2D eigenvalue weighted by Gasteiger charge is -2.13. The molecule has 1 aliphatic rings. The van der Waals surface area contributed by atoms with Crippen LogP contribution in [-0.2, 0) is 0 Å². The molecule has 1 fully saturated rings. The van der Waals surface area contributed by atoms with Crippen LogP contribution in [0.3, 0.4) is 0 Å². The van der Waals surface area contributed by atoms with Gasteiger partial charge < -0.3 is 0 Å². The normalized spacial score (nSPS) is 20.8. The molecule has 0 spiro atoms. The van der Waals surface area contributed by atoms with Crippen molar-refractivity contribution in [2.45, 2.75) is 13.3 Å². The molecule has 0 saturated carbocycles. The molecule has 1 aromatic carbocycles.